The first-order valence-corrected chi connectivity index (χ1v) is 8.42. The second kappa shape index (κ2) is 6.78. The van der Waals surface area contributed by atoms with Gasteiger partial charge in [0, 0.05) is 37.8 Å². The Morgan fingerprint density at radius 2 is 1.77 bits per heavy atom. The quantitative estimate of drug-likeness (QED) is 0.838. The number of halogens is 1. The maximum Gasteiger partial charge on any atom is 0.253 e. The molecular weight excluding hydrogens is 279 g/mol. The summed E-state index contributed by atoms with van der Waals surface area (Å²) >= 11 is 0. The fourth-order valence-electron chi connectivity index (χ4n) is 3.80. The van der Waals surface area contributed by atoms with Gasteiger partial charge in [0.05, 0.1) is 0 Å². The second-order valence-corrected chi connectivity index (χ2v) is 6.76. The van der Waals surface area contributed by atoms with Crippen LogP contribution in [-0.4, -0.2) is 47.9 Å². The molecule has 2 fully saturated rings. The van der Waals surface area contributed by atoms with E-state index in [2.05, 4.69) is 11.8 Å². The molecule has 0 spiro atoms. The average molecular weight is 304 g/mol. The van der Waals surface area contributed by atoms with Crippen LogP contribution in [0.3, 0.4) is 0 Å². The molecule has 3 nitrogen and oxygen atoms in total. The van der Waals surface area contributed by atoms with Crippen molar-refractivity contribution >= 4 is 5.91 Å². The van der Waals surface area contributed by atoms with Crippen LogP contribution in [0.2, 0.25) is 0 Å². The number of hydrogen-bond donors (Lipinski definition) is 0. The summed E-state index contributed by atoms with van der Waals surface area (Å²) in [6.07, 6.45) is 5.29. The molecule has 0 aromatic heterocycles. The number of carbonyl (C=O) groups is 1. The Morgan fingerprint density at radius 1 is 1.09 bits per heavy atom. The van der Waals surface area contributed by atoms with Crippen molar-refractivity contribution in [3.8, 4) is 0 Å². The van der Waals surface area contributed by atoms with E-state index in [0.717, 1.165) is 32.1 Å². The third-order valence-corrected chi connectivity index (χ3v) is 5.12. The van der Waals surface area contributed by atoms with E-state index in [9.17, 15) is 9.18 Å². The molecule has 2 atom stereocenters. The lowest BCUT2D eigenvalue weighted by Crippen LogP contribution is -2.52. The zero-order valence-corrected chi connectivity index (χ0v) is 13.3. The van der Waals surface area contributed by atoms with Crippen LogP contribution in [0, 0.1) is 11.7 Å². The van der Waals surface area contributed by atoms with Crippen LogP contribution in [0.1, 0.15) is 43.0 Å². The van der Waals surface area contributed by atoms with Gasteiger partial charge >= 0.3 is 0 Å². The fourth-order valence-corrected chi connectivity index (χ4v) is 3.80. The summed E-state index contributed by atoms with van der Waals surface area (Å²) in [6.45, 7) is 5.83. The Morgan fingerprint density at radius 3 is 2.41 bits per heavy atom. The largest absolute Gasteiger partial charge is 0.336 e. The topological polar surface area (TPSA) is 23.6 Å². The van der Waals surface area contributed by atoms with Crippen LogP contribution < -0.4 is 0 Å². The van der Waals surface area contributed by atoms with Gasteiger partial charge in [-0.25, -0.2) is 4.39 Å². The van der Waals surface area contributed by atoms with Crippen LogP contribution in [0.25, 0.3) is 0 Å². The lowest BCUT2D eigenvalue weighted by Gasteiger charge is -2.42. The van der Waals surface area contributed by atoms with Gasteiger partial charge in [-0.3, -0.25) is 9.69 Å². The summed E-state index contributed by atoms with van der Waals surface area (Å²) in [5.41, 5.74) is 0.584. The van der Waals surface area contributed by atoms with E-state index in [1.54, 1.807) is 12.1 Å². The molecule has 0 radical (unpaired) electrons. The van der Waals surface area contributed by atoms with Crippen molar-refractivity contribution < 1.29 is 9.18 Å². The summed E-state index contributed by atoms with van der Waals surface area (Å²) in [5, 5.41) is 0. The van der Waals surface area contributed by atoms with Gasteiger partial charge in [-0.15, -0.1) is 0 Å². The highest BCUT2D eigenvalue weighted by Crippen LogP contribution is 2.28. The molecule has 1 saturated heterocycles. The third kappa shape index (κ3) is 3.49. The summed E-state index contributed by atoms with van der Waals surface area (Å²) in [5.74, 6) is 0.557. The summed E-state index contributed by atoms with van der Waals surface area (Å²) < 4.78 is 12.9. The van der Waals surface area contributed by atoms with Gasteiger partial charge in [-0.05, 0) is 43.0 Å². The Kier molecular flexibility index (Phi) is 4.77. The van der Waals surface area contributed by atoms with Gasteiger partial charge < -0.3 is 4.90 Å². The monoisotopic (exact) mass is 304 g/mol. The van der Waals surface area contributed by atoms with Crippen molar-refractivity contribution in [2.75, 3.05) is 26.2 Å². The second-order valence-electron chi connectivity index (χ2n) is 6.76. The zero-order chi connectivity index (χ0) is 15.5. The first-order chi connectivity index (χ1) is 10.6. The number of nitrogens with zero attached hydrogens (tertiary/aromatic N) is 2. The molecular formula is C18H25FN2O. The molecule has 1 aromatic carbocycles. The van der Waals surface area contributed by atoms with Gasteiger partial charge in [0.2, 0.25) is 0 Å². The average Bonchev–Trinajstić information content (AvgIpc) is 2.55. The van der Waals surface area contributed by atoms with Gasteiger partial charge in [0.15, 0.2) is 0 Å². The lowest BCUT2D eigenvalue weighted by atomic mass is 9.86. The van der Waals surface area contributed by atoms with Crippen molar-refractivity contribution in [3.05, 3.63) is 35.6 Å². The van der Waals surface area contributed by atoms with E-state index in [4.69, 9.17) is 0 Å². The molecule has 1 aliphatic heterocycles. The molecule has 4 heteroatoms. The SMILES string of the molecule is C[C@H]1CCC[C@@H](N2CCN(C(=O)c3ccc(F)cc3)CC2)C1. The maximum absolute atomic E-state index is 12.9. The molecule has 120 valence electrons. The number of piperazine rings is 1. The van der Waals surface area contributed by atoms with Gasteiger partial charge in [0.1, 0.15) is 5.82 Å². The lowest BCUT2D eigenvalue weighted by molar-refractivity contribution is 0.0489. The normalized spacial score (nSPS) is 26.9. The molecule has 1 heterocycles. The molecule has 3 rings (SSSR count). The van der Waals surface area contributed by atoms with Crippen molar-refractivity contribution in [2.45, 2.75) is 38.6 Å². The first-order valence-electron chi connectivity index (χ1n) is 8.42. The number of amides is 1. The van der Waals surface area contributed by atoms with E-state index in [-0.39, 0.29) is 11.7 Å². The molecule has 1 saturated carbocycles. The first kappa shape index (κ1) is 15.5. The van der Waals surface area contributed by atoms with E-state index in [1.807, 2.05) is 4.90 Å². The van der Waals surface area contributed by atoms with E-state index in [1.165, 1.54) is 37.8 Å². The van der Waals surface area contributed by atoms with E-state index in [0.29, 0.717) is 11.6 Å². The van der Waals surface area contributed by atoms with Crippen LogP contribution in [0.5, 0.6) is 0 Å². The molecule has 22 heavy (non-hydrogen) atoms. The highest BCUT2D eigenvalue weighted by Gasteiger charge is 2.29. The summed E-state index contributed by atoms with van der Waals surface area (Å²) in [6, 6.07) is 6.56. The summed E-state index contributed by atoms with van der Waals surface area (Å²) in [4.78, 5) is 16.9. The highest BCUT2D eigenvalue weighted by molar-refractivity contribution is 5.94. The Labute approximate surface area is 132 Å². The molecule has 1 amide bonds. The van der Waals surface area contributed by atoms with Gasteiger partial charge in [0.25, 0.3) is 5.91 Å². The zero-order valence-electron chi connectivity index (χ0n) is 13.3. The minimum Gasteiger partial charge on any atom is -0.336 e. The smallest absolute Gasteiger partial charge is 0.253 e. The van der Waals surface area contributed by atoms with E-state index < -0.39 is 0 Å². The summed E-state index contributed by atoms with van der Waals surface area (Å²) in [7, 11) is 0. The third-order valence-electron chi connectivity index (χ3n) is 5.12. The van der Waals surface area contributed by atoms with Crippen molar-refractivity contribution in [1.82, 2.24) is 9.80 Å². The molecule has 1 aromatic rings. The number of carbonyl (C=O) groups excluding carboxylic acids is 1. The van der Waals surface area contributed by atoms with Crippen LogP contribution in [-0.2, 0) is 0 Å². The Bertz CT molecular complexity index is 508. The minimum atomic E-state index is -0.298. The molecule has 1 aliphatic carbocycles. The van der Waals surface area contributed by atoms with Crippen molar-refractivity contribution in [1.29, 1.82) is 0 Å². The standard InChI is InChI=1S/C18H25FN2O/c1-14-3-2-4-17(13-14)20-9-11-21(12-10-20)18(22)15-5-7-16(19)8-6-15/h5-8,14,17H,2-4,9-13H2,1H3/t14-,17+/m0/s1. The highest BCUT2D eigenvalue weighted by atomic mass is 19.1. The predicted octanol–water partition coefficient (Wildman–Crippen LogP) is 3.16. The van der Waals surface area contributed by atoms with Crippen LogP contribution >= 0.6 is 0 Å². The molecule has 0 bridgehead atoms. The van der Waals surface area contributed by atoms with Gasteiger partial charge in [-0.2, -0.15) is 0 Å². The minimum absolute atomic E-state index is 0.0247. The molecule has 2 aliphatic rings. The Balaban J connectivity index is 1.55. The fraction of sp³-hybridized carbons (Fsp3) is 0.611. The number of hydrogen-bond acceptors (Lipinski definition) is 2. The van der Waals surface area contributed by atoms with Crippen molar-refractivity contribution in [2.24, 2.45) is 5.92 Å². The molecule has 0 unspecified atom stereocenters. The predicted molar refractivity (Wildman–Crippen MR) is 85.3 cm³/mol. The van der Waals surface area contributed by atoms with Crippen molar-refractivity contribution in [3.63, 3.8) is 0 Å². The van der Waals surface area contributed by atoms with E-state index >= 15 is 0 Å². The van der Waals surface area contributed by atoms with Crippen LogP contribution in [0.4, 0.5) is 4.39 Å². The van der Waals surface area contributed by atoms with Gasteiger partial charge in [-0.1, -0.05) is 19.8 Å². The molecule has 0 N–H and O–H groups in total. The Hall–Kier alpha value is -1.42. The number of rotatable bonds is 2. The number of benzene rings is 1. The van der Waals surface area contributed by atoms with Crippen LogP contribution in [0.15, 0.2) is 24.3 Å². The maximum atomic E-state index is 12.9.